The van der Waals surface area contributed by atoms with Crippen molar-refractivity contribution in [2.45, 2.75) is 25.7 Å². The molecule has 0 spiro atoms. The predicted molar refractivity (Wildman–Crippen MR) is 85.1 cm³/mol. The van der Waals surface area contributed by atoms with Crippen molar-refractivity contribution in [3.63, 3.8) is 0 Å². The van der Waals surface area contributed by atoms with Crippen LogP contribution >= 0.6 is 11.3 Å². The average molecular weight is 286 g/mol. The van der Waals surface area contributed by atoms with Gasteiger partial charge < -0.3 is 11.1 Å². The van der Waals surface area contributed by atoms with E-state index in [9.17, 15) is 4.79 Å². The second-order valence-corrected chi connectivity index (χ2v) is 6.15. The first kappa shape index (κ1) is 13.2. The summed E-state index contributed by atoms with van der Waals surface area (Å²) in [5, 5.41) is 3.95. The number of fused-ring (bicyclic) bond motifs is 1. The quantitative estimate of drug-likeness (QED) is 0.842. The van der Waals surface area contributed by atoms with E-state index in [4.69, 9.17) is 5.73 Å². The van der Waals surface area contributed by atoms with E-state index in [1.54, 1.807) is 0 Å². The van der Waals surface area contributed by atoms with Crippen molar-refractivity contribution in [3.8, 4) is 0 Å². The van der Waals surface area contributed by atoms with Gasteiger partial charge in [0.15, 0.2) is 0 Å². The molecular formula is C16H18N2OS. The Bertz CT molecular complexity index is 672. The minimum atomic E-state index is -0.0534. The van der Waals surface area contributed by atoms with Crippen LogP contribution in [0.4, 0.5) is 5.69 Å². The minimum absolute atomic E-state index is 0.0534. The van der Waals surface area contributed by atoms with Gasteiger partial charge in [-0.3, -0.25) is 4.79 Å². The molecule has 1 aromatic heterocycles. The number of nitrogens with one attached hydrogen (secondary N) is 1. The third-order valence-electron chi connectivity index (χ3n) is 3.71. The van der Waals surface area contributed by atoms with Gasteiger partial charge in [-0.2, -0.15) is 0 Å². The fourth-order valence-corrected chi connectivity index (χ4v) is 3.65. The summed E-state index contributed by atoms with van der Waals surface area (Å²) in [5.74, 6) is -0.0534. The van der Waals surface area contributed by atoms with Crippen molar-refractivity contribution < 1.29 is 4.79 Å². The Morgan fingerprint density at radius 1 is 1.35 bits per heavy atom. The number of amides is 1. The van der Waals surface area contributed by atoms with Gasteiger partial charge in [-0.25, -0.2) is 0 Å². The normalized spacial score (nSPS) is 14.5. The number of allylic oxidation sites excluding steroid dienone is 1. The van der Waals surface area contributed by atoms with E-state index in [1.807, 2.05) is 24.3 Å². The summed E-state index contributed by atoms with van der Waals surface area (Å²) in [5.41, 5.74) is 8.14. The fraction of sp³-hybridized carbons (Fsp3) is 0.312. The third kappa shape index (κ3) is 2.56. The largest absolute Gasteiger partial charge is 0.397 e. The van der Waals surface area contributed by atoms with Gasteiger partial charge in [0.2, 0.25) is 0 Å². The summed E-state index contributed by atoms with van der Waals surface area (Å²) in [6, 6.07) is 7.87. The number of anilines is 1. The number of thiophene rings is 1. The maximum Gasteiger partial charge on any atom is 0.263 e. The lowest BCUT2D eigenvalue weighted by Crippen LogP contribution is -2.24. The van der Waals surface area contributed by atoms with Crippen molar-refractivity contribution in [2.75, 3.05) is 12.3 Å². The van der Waals surface area contributed by atoms with Crippen LogP contribution in [-0.4, -0.2) is 12.5 Å². The molecule has 0 radical (unpaired) electrons. The molecule has 1 heterocycles. The highest BCUT2D eigenvalue weighted by Gasteiger charge is 2.15. The van der Waals surface area contributed by atoms with Crippen molar-refractivity contribution in [3.05, 3.63) is 40.8 Å². The standard InChI is InChI=1S/C16H18N2OS/c17-14-12-7-3-4-8-13(12)20-15(14)16(19)18-10-9-11-5-1-2-6-11/h3-5,7-8H,1-2,6,9-10,17H2,(H,18,19). The van der Waals surface area contributed by atoms with Gasteiger partial charge in [-0.1, -0.05) is 29.8 Å². The number of hydrogen-bond donors (Lipinski definition) is 2. The Kier molecular flexibility index (Phi) is 3.74. The molecule has 3 rings (SSSR count). The summed E-state index contributed by atoms with van der Waals surface area (Å²) in [4.78, 5) is 12.8. The Balaban J connectivity index is 1.67. The lowest BCUT2D eigenvalue weighted by Gasteiger charge is -2.05. The van der Waals surface area contributed by atoms with Crippen LogP contribution in [0.5, 0.6) is 0 Å². The number of carbonyl (C=O) groups excluding carboxylic acids is 1. The van der Waals surface area contributed by atoms with Gasteiger partial charge in [0, 0.05) is 16.6 Å². The smallest absolute Gasteiger partial charge is 0.263 e. The lowest BCUT2D eigenvalue weighted by molar-refractivity contribution is 0.0959. The van der Waals surface area contributed by atoms with E-state index in [0.717, 1.165) is 16.5 Å². The maximum atomic E-state index is 12.2. The van der Waals surface area contributed by atoms with Crippen LogP contribution in [0, 0.1) is 0 Å². The predicted octanol–water partition coefficient (Wildman–Crippen LogP) is 3.71. The molecule has 1 aliphatic rings. The Morgan fingerprint density at radius 2 is 2.20 bits per heavy atom. The second-order valence-electron chi connectivity index (χ2n) is 5.10. The van der Waals surface area contributed by atoms with E-state index in [-0.39, 0.29) is 5.91 Å². The highest BCUT2D eigenvalue weighted by molar-refractivity contribution is 7.21. The van der Waals surface area contributed by atoms with Crippen molar-refractivity contribution in [1.29, 1.82) is 0 Å². The molecule has 0 fully saturated rings. The molecule has 3 N–H and O–H groups in total. The molecule has 0 bridgehead atoms. The summed E-state index contributed by atoms with van der Waals surface area (Å²) in [6.45, 7) is 0.693. The molecule has 0 saturated carbocycles. The fourth-order valence-electron chi connectivity index (χ4n) is 2.62. The van der Waals surface area contributed by atoms with Gasteiger partial charge in [0.1, 0.15) is 4.88 Å². The van der Waals surface area contributed by atoms with E-state index < -0.39 is 0 Å². The number of benzene rings is 1. The van der Waals surface area contributed by atoms with E-state index in [0.29, 0.717) is 17.1 Å². The Hall–Kier alpha value is -1.81. The van der Waals surface area contributed by atoms with E-state index in [2.05, 4.69) is 11.4 Å². The first-order chi connectivity index (χ1) is 9.75. The van der Waals surface area contributed by atoms with Crippen molar-refractivity contribution >= 4 is 33.0 Å². The van der Waals surface area contributed by atoms with Gasteiger partial charge in [0.05, 0.1) is 5.69 Å². The number of hydrogen-bond acceptors (Lipinski definition) is 3. The zero-order valence-corrected chi connectivity index (χ0v) is 12.1. The topological polar surface area (TPSA) is 55.1 Å². The monoisotopic (exact) mass is 286 g/mol. The van der Waals surface area contributed by atoms with Crippen LogP contribution in [0.3, 0.4) is 0 Å². The molecule has 0 saturated heterocycles. The molecule has 0 aliphatic heterocycles. The molecule has 4 heteroatoms. The summed E-state index contributed by atoms with van der Waals surface area (Å²) >= 11 is 1.46. The van der Waals surface area contributed by atoms with Gasteiger partial charge in [-0.05, 0) is 31.7 Å². The summed E-state index contributed by atoms with van der Waals surface area (Å²) in [6.07, 6.45) is 6.87. The molecular weight excluding hydrogens is 268 g/mol. The molecule has 0 atom stereocenters. The van der Waals surface area contributed by atoms with Crippen molar-refractivity contribution in [2.24, 2.45) is 0 Å². The lowest BCUT2D eigenvalue weighted by atomic mass is 10.1. The SMILES string of the molecule is Nc1c(C(=O)NCCC2=CCCC2)sc2ccccc12. The number of carbonyl (C=O) groups is 1. The third-order valence-corrected chi connectivity index (χ3v) is 4.89. The molecule has 3 nitrogen and oxygen atoms in total. The Labute approximate surface area is 122 Å². The minimum Gasteiger partial charge on any atom is -0.397 e. The molecule has 104 valence electrons. The molecule has 20 heavy (non-hydrogen) atoms. The molecule has 1 amide bonds. The average Bonchev–Trinajstić information content (AvgIpc) is 3.08. The number of nitrogens with two attached hydrogens (primary N) is 1. The van der Waals surface area contributed by atoms with Crippen LogP contribution in [0.15, 0.2) is 35.9 Å². The van der Waals surface area contributed by atoms with Crippen LogP contribution in [-0.2, 0) is 0 Å². The zero-order chi connectivity index (χ0) is 13.9. The molecule has 1 aromatic carbocycles. The maximum absolute atomic E-state index is 12.2. The van der Waals surface area contributed by atoms with Crippen molar-refractivity contribution in [1.82, 2.24) is 5.32 Å². The van der Waals surface area contributed by atoms with Gasteiger partial charge in [0.25, 0.3) is 5.91 Å². The van der Waals surface area contributed by atoms with E-state index >= 15 is 0 Å². The van der Waals surface area contributed by atoms with Gasteiger partial charge in [-0.15, -0.1) is 11.3 Å². The first-order valence-electron chi connectivity index (χ1n) is 6.99. The van der Waals surface area contributed by atoms with Crippen LogP contribution < -0.4 is 11.1 Å². The summed E-state index contributed by atoms with van der Waals surface area (Å²) < 4.78 is 1.06. The first-order valence-corrected chi connectivity index (χ1v) is 7.80. The number of nitrogen functional groups attached to an aromatic ring is 1. The highest BCUT2D eigenvalue weighted by atomic mass is 32.1. The van der Waals surface area contributed by atoms with Gasteiger partial charge >= 0.3 is 0 Å². The second kappa shape index (κ2) is 5.67. The molecule has 1 aliphatic carbocycles. The number of rotatable bonds is 4. The molecule has 2 aromatic rings. The van der Waals surface area contributed by atoms with E-state index in [1.165, 1.54) is 36.2 Å². The Morgan fingerprint density at radius 3 is 2.95 bits per heavy atom. The van der Waals surface area contributed by atoms with Crippen LogP contribution in [0.1, 0.15) is 35.4 Å². The molecule has 0 unspecified atom stereocenters. The van der Waals surface area contributed by atoms with Crippen LogP contribution in [0.2, 0.25) is 0 Å². The summed E-state index contributed by atoms with van der Waals surface area (Å²) in [7, 11) is 0. The highest BCUT2D eigenvalue weighted by Crippen LogP contribution is 2.33. The zero-order valence-electron chi connectivity index (χ0n) is 11.3. The van der Waals surface area contributed by atoms with Crippen LogP contribution in [0.25, 0.3) is 10.1 Å².